The smallest absolute Gasteiger partial charge is 0.289 e. The van der Waals surface area contributed by atoms with Gasteiger partial charge < -0.3 is 14.2 Å². The molecule has 154 valence electrons. The quantitative estimate of drug-likeness (QED) is 0.485. The van der Waals surface area contributed by atoms with Crippen LogP contribution in [0, 0.1) is 0 Å². The number of amides is 1. The van der Waals surface area contributed by atoms with Crippen LogP contribution < -0.4 is 4.90 Å². The molecule has 0 bridgehead atoms. The SMILES string of the molecule is CS(=O)(=O)c1cccc2sc(N3CCN(C(=O)c4cc5ccccc5o4)CC3)nc12. The van der Waals surface area contributed by atoms with E-state index in [1.807, 2.05) is 30.3 Å². The van der Waals surface area contributed by atoms with Crippen LogP contribution in [0.3, 0.4) is 0 Å². The van der Waals surface area contributed by atoms with Crippen LogP contribution in [0.5, 0.6) is 0 Å². The molecule has 0 atom stereocenters. The third-order valence-corrected chi connectivity index (χ3v) is 7.45. The molecule has 2 aromatic carbocycles. The highest BCUT2D eigenvalue weighted by atomic mass is 32.2. The van der Waals surface area contributed by atoms with Gasteiger partial charge in [-0.3, -0.25) is 4.79 Å². The molecule has 0 aliphatic carbocycles. The van der Waals surface area contributed by atoms with Crippen LogP contribution in [0.4, 0.5) is 5.13 Å². The lowest BCUT2D eigenvalue weighted by Crippen LogP contribution is -2.48. The third kappa shape index (κ3) is 3.33. The van der Waals surface area contributed by atoms with Crippen LogP contribution in [0.15, 0.2) is 57.8 Å². The zero-order valence-corrected chi connectivity index (χ0v) is 17.9. The van der Waals surface area contributed by atoms with Crippen molar-refractivity contribution in [1.29, 1.82) is 0 Å². The lowest BCUT2D eigenvalue weighted by atomic mass is 10.2. The molecule has 3 heterocycles. The minimum Gasteiger partial charge on any atom is -0.451 e. The van der Waals surface area contributed by atoms with Crippen LogP contribution in [0.1, 0.15) is 10.6 Å². The first-order valence-electron chi connectivity index (χ1n) is 9.52. The Hall–Kier alpha value is -2.91. The summed E-state index contributed by atoms with van der Waals surface area (Å²) >= 11 is 1.47. The van der Waals surface area contributed by atoms with Gasteiger partial charge in [-0.05, 0) is 24.3 Å². The number of piperazine rings is 1. The van der Waals surface area contributed by atoms with E-state index in [9.17, 15) is 13.2 Å². The molecule has 0 unspecified atom stereocenters. The number of sulfone groups is 1. The van der Waals surface area contributed by atoms with E-state index in [1.54, 1.807) is 23.1 Å². The Balaban J connectivity index is 1.34. The van der Waals surface area contributed by atoms with Crippen molar-refractivity contribution in [3.8, 4) is 0 Å². The molecule has 2 aromatic heterocycles. The predicted octanol–water partition coefficient (Wildman–Crippen LogP) is 3.41. The Kier molecular flexibility index (Phi) is 4.52. The highest BCUT2D eigenvalue weighted by molar-refractivity contribution is 7.91. The fourth-order valence-corrected chi connectivity index (χ4v) is 5.63. The van der Waals surface area contributed by atoms with Gasteiger partial charge in [0, 0.05) is 37.8 Å². The lowest BCUT2D eigenvalue weighted by molar-refractivity contribution is 0.0717. The van der Waals surface area contributed by atoms with Crippen molar-refractivity contribution in [2.45, 2.75) is 4.90 Å². The minimum absolute atomic E-state index is 0.116. The number of nitrogens with zero attached hydrogens (tertiary/aromatic N) is 3. The summed E-state index contributed by atoms with van der Waals surface area (Å²) in [6.45, 7) is 2.34. The average Bonchev–Trinajstić information content (AvgIpc) is 3.36. The van der Waals surface area contributed by atoms with Crippen LogP contribution >= 0.6 is 11.3 Å². The molecular weight excluding hydrogens is 422 g/mol. The summed E-state index contributed by atoms with van der Waals surface area (Å²) in [4.78, 5) is 21.6. The predicted molar refractivity (Wildman–Crippen MR) is 117 cm³/mol. The molecule has 1 saturated heterocycles. The van der Waals surface area contributed by atoms with E-state index in [0.717, 1.165) is 15.2 Å². The van der Waals surface area contributed by atoms with E-state index in [-0.39, 0.29) is 10.8 Å². The number of anilines is 1. The zero-order chi connectivity index (χ0) is 20.9. The molecule has 0 N–H and O–H groups in total. The van der Waals surface area contributed by atoms with Gasteiger partial charge >= 0.3 is 0 Å². The maximum absolute atomic E-state index is 12.8. The number of furan rings is 1. The number of aromatic nitrogens is 1. The number of carbonyl (C=O) groups is 1. The van der Waals surface area contributed by atoms with Gasteiger partial charge in [-0.15, -0.1) is 0 Å². The van der Waals surface area contributed by atoms with Gasteiger partial charge in [0.25, 0.3) is 5.91 Å². The summed E-state index contributed by atoms with van der Waals surface area (Å²) in [5.41, 5.74) is 1.22. The van der Waals surface area contributed by atoms with Crippen molar-refractivity contribution in [2.75, 3.05) is 37.3 Å². The first-order chi connectivity index (χ1) is 14.4. The Morgan fingerprint density at radius 1 is 1.07 bits per heavy atom. The first-order valence-corrected chi connectivity index (χ1v) is 12.2. The Bertz CT molecular complexity index is 1330. The third-order valence-electron chi connectivity index (χ3n) is 5.24. The fourth-order valence-electron chi connectivity index (χ4n) is 3.69. The van der Waals surface area contributed by atoms with E-state index in [2.05, 4.69) is 9.88 Å². The zero-order valence-electron chi connectivity index (χ0n) is 16.2. The van der Waals surface area contributed by atoms with Crippen molar-refractivity contribution < 1.29 is 17.6 Å². The summed E-state index contributed by atoms with van der Waals surface area (Å²) < 4.78 is 30.6. The molecule has 1 fully saturated rings. The molecule has 1 aliphatic rings. The van der Waals surface area contributed by atoms with Crippen molar-refractivity contribution in [3.63, 3.8) is 0 Å². The molecule has 5 rings (SSSR count). The van der Waals surface area contributed by atoms with E-state index >= 15 is 0 Å². The normalized spacial score (nSPS) is 15.2. The molecule has 30 heavy (non-hydrogen) atoms. The number of para-hydroxylation sites is 2. The fraction of sp³-hybridized carbons (Fsp3) is 0.238. The molecule has 0 spiro atoms. The Morgan fingerprint density at radius 2 is 1.83 bits per heavy atom. The van der Waals surface area contributed by atoms with E-state index in [4.69, 9.17) is 4.42 Å². The maximum Gasteiger partial charge on any atom is 0.289 e. The van der Waals surface area contributed by atoms with Crippen LogP contribution in [0.2, 0.25) is 0 Å². The minimum atomic E-state index is -3.35. The lowest BCUT2D eigenvalue weighted by Gasteiger charge is -2.34. The summed E-state index contributed by atoms with van der Waals surface area (Å²) in [6.07, 6.45) is 1.20. The largest absolute Gasteiger partial charge is 0.451 e. The molecule has 0 saturated carbocycles. The van der Waals surface area contributed by atoms with E-state index in [0.29, 0.717) is 43.0 Å². The number of carbonyl (C=O) groups excluding carboxylic acids is 1. The van der Waals surface area contributed by atoms with Gasteiger partial charge in [0.15, 0.2) is 20.7 Å². The number of thiazole rings is 1. The highest BCUT2D eigenvalue weighted by Crippen LogP contribution is 2.33. The standard InChI is InChI=1S/C21H19N3O4S2/c1-30(26,27)18-8-4-7-17-19(18)22-21(29-17)24-11-9-23(10-12-24)20(25)16-13-14-5-2-3-6-15(14)28-16/h2-8,13H,9-12H2,1H3. The van der Waals surface area contributed by atoms with Crippen molar-refractivity contribution >= 4 is 53.4 Å². The maximum atomic E-state index is 12.8. The van der Waals surface area contributed by atoms with Gasteiger partial charge in [-0.2, -0.15) is 0 Å². The molecule has 9 heteroatoms. The molecule has 1 amide bonds. The summed E-state index contributed by atoms with van der Waals surface area (Å²) in [5.74, 6) is 0.233. The van der Waals surface area contributed by atoms with Gasteiger partial charge in [-0.1, -0.05) is 35.6 Å². The van der Waals surface area contributed by atoms with Gasteiger partial charge in [0.05, 0.1) is 9.60 Å². The van der Waals surface area contributed by atoms with Crippen molar-refractivity contribution in [2.24, 2.45) is 0 Å². The Morgan fingerprint density at radius 3 is 2.57 bits per heavy atom. The first kappa shape index (κ1) is 19.1. The summed E-state index contributed by atoms with van der Waals surface area (Å²) in [6, 6.07) is 14.6. The molecule has 7 nitrogen and oxygen atoms in total. The Labute approximate surface area is 177 Å². The van der Waals surface area contributed by atoms with Crippen LogP contribution in [0.25, 0.3) is 21.2 Å². The number of rotatable bonds is 3. The molecule has 4 aromatic rings. The summed E-state index contributed by atoms with van der Waals surface area (Å²) in [5, 5.41) is 1.69. The molecule has 0 radical (unpaired) electrons. The number of fused-ring (bicyclic) bond motifs is 2. The number of hydrogen-bond acceptors (Lipinski definition) is 7. The van der Waals surface area contributed by atoms with Crippen LogP contribution in [-0.4, -0.2) is 56.6 Å². The van der Waals surface area contributed by atoms with E-state index in [1.165, 1.54) is 17.6 Å². The number of hydrogen-bond donors (Lipinski definition) is 0. The van der Waals surface area contributed by atoms with Gasteiger partial charge in [0.1, 0.15) is 11.1 Å². The van der Waals surface area contributed by atoms with Crippen LogP contribution in [-0.2, 0) is 9.84 Å². The molecule has 1 aliphatic heterocycles. The van der Waals surface area contributed by atoms with Gasteiger partial charge in [0.2, 0.25) is 0 Å². The second-order valence-corrected chi connectivity index (χ2v) is 10.3. The van der Waals surface area contributed by atoms with E-state index < -0.39 is 9.84 Å². The monoisotopic (exact) mass is 441 g/mol. The van der Waals surface area contributed by atoms with Crippen molar-refractivity contribution in [3.05, 3.63) is 54.3 Å². The topological polar surface area (TPSA) is 83.7 Å². The van der Waals surface area contributed by atoms with Crippen molar-refractivity contribution in [1.82, 2.24) is 9.88 Å². The average molecular weight is 442 g/mol. The van der Waals surface area contributed by atoms with Gasteiger partial charge in [-0.25, -0.2) is 13.4 Å². The second-order valence-electron chi connectivity index (χ2n) is 7.30. The number of benzene rings is 2. The molecular formula is C21H19N3O4S2. The summed E-state index contributed by atoms with van der Waals surface area (Å²) in [7, 11) is -3.35. The highest BCUT2D eigenvalue weighted by Gasteiger charge is 2.26. The second kappa shape index (κ2) is 7.10.